The van der Waals surface area contributed by atoms with E-state index < -0.39 is 0 Å². The summed E-state index contributed by atoms with van der Waals surface area (Å²) in [4.78, 5) is 0. The first-order chi connectivity index (χ1) is 6.72. The highest BCUT2D eigenvalue weighted by molar-refractivity contribution is 5.53. The normalized spacial score (nSPS) is 9.00. The Bertz CT molecular complexity index is 364. The molecule has 0 heterocycles. The molecule has 0 radical (unpaired) electrons. The first-order valence-electron chi connectivity index (χ1n) is 4.08. The molecule has 14 heavy (non-hydrogen) atoms. The Balaban J connectivity index is 3.25. The number of methoxy groups -OCH3 is 2. The van der Waals surface area contributed by atoms with Gasteiger partial charge in [0.05, 0.1) is 14.2 Å². The number of ether oxygens (including phenoxy) is 3. The van der Waals surface area contributed by atoms with Gasteiger partial charge >= 0.3 is 0 Å². The van der Waals surface area contributed by atoms with E-state index in [0.717, 1.165) is 5.56 Å². The Kier molecular flexibility index (Phi) is 3.24. The standard InChI is InChI=1S/C11H12O3/c1-5-14-10-7-8(2)6-9(12-3)11(10)13-4/h1,6-7H,2-4H3. The van der Waals surface area contributed by atoms with Crippen molar-refractivity contribution in [1.29, 1.82) is 0 Å². The van der Waals surface area contributed by atoms with Crippen molar-refractivity contribution in [1.82, 2.24) is 0 Å². The van der Waals surface area contributed by atoms with Gasteiger partial charge in [-0.25, -0.2) is 0 Å². The lowest BCUT2D eigenvalue weighted by molar-refractivity contribution is 0.339. The average Bonchev–Trinajstić information content (AvgIpc) is 2.17. The zero-order valence-electron chi connectivity index (χ0n) is 8.46. The molecule has 0 aliphatic carbocycles. The molecule has 0 amide bonds. The first kappa shape index (κ1) is 10.3. The van der Waals surface area contributed by atoms with E-state index in [1.807, 2.05) is 13.0 Å². The Labute approximate surface area is 83.6 Å². The molecule has 1 rings (SSSR count). The topological polar surface area (TPSA) is 27.7 Å². The van der Waals surface area contributed by atoms with E-state index >= 15 is 0 Å². The maximum Gasteiger partial charge on any atom is 0.205 e. The molecule has 1 aromatic carbocycles. The van der Waals surface area contributed by atoms with Gasteiger partial charge in [0.15, 0.2) is 11.5 Å². The molecule has 0 aliphatic heterocycles. The van der Waals surface area contributed by atoms with Crippen molar-refractivity contribution in [2.45, 2.75) is 6.92 Å². The second kappa shape index (κ2) is 4.43. The summed E-state index contributed by atoms with van der Waals surface area (Å²) in [6.45, 7) is 1.92. The predicted molar refractivity (Wildman–Crippen MR) is 53.7 cm³/mol. The Morgan fingerprint density at radius 1 is 1.14 bits per heavy atom. The Morgan fingerprint density at radius 3 is 2.29 bits per heavy atom. The van der Waals surface area contributed by atoms with E-state index in [1.54, 1.807) is 13.2 Å². The quantitative estimate of drug-likeness (QED) is 0.685. The highest BCUT2D eigenvalue weighted by atomic mass is 16.5. The molecule has 0 aliphatic rings. The van der Waals surface area contributed by atoms with Crippen molar-refractivity contribution in [2.75, 3.05) is 14.2 Å². The summed E-state index contributed by atoms with van der Waals surface area (Å²) in [6.07, 6.45) is 7.16. The summed E-state index contributed by atoms with van der Waals surface area (Å²) >= 11 is 0. The molecule has 0 bridgehead atoms. The van der Waals surface area contributed by atoms with E-state index in [-0.39, 0.29) is 0 Å². The van der Waals surface area contributed by atoms with Crippen LogP contribution in [0.2, 0.25) is 0 Å². The van der Waals surface area contributed by atoms with Crippen LogP contribution in [0.1, 0.15) is 5.56 Å². The molecule has 0 saturated heterocycles. The summed E-state index contributed by atoms with van der Waals surface area (Å²) in [5.41, 5.74) is 0.993. The largest absolute Gasteiger partial charge is 0.493 e. The lowest BCUT2D eigenvalue weighted by Crippen LogP contribution is -1.95. The number of hydrogen-bond donors (Lipinski definition) is 0. The van der Waals surface area contributed by atoms with Gasteiger partial charge in [-0.05, 0) is 24.6 Å². The molecule has 0 N–H and O–H groups in total. The average molecular weight is 192 g/mol. The monoisotopic (exact) mass is 192 g/mol. The Morgan fingerprint density at radius 2 is 1.79 bits per heavy atom. The van der Waals surface area contributed by atoms with Crippen molar-refractivity contribution in [3.05, 3.63) is 17.7 Å². The van der Waals surface area contributed by atoms with E-state index in [4.69, 9.17) is 20.6 Å². The lowest BCUT2D eigenvalue weighted by atomic mass is 10.2. The van der Waals surface area contributed by atoms with Crippen molar-refractivity contribution < 1.29 is 14.2 Å². The van der Waals surface area contributed by atoms with Crippen molar-refractivity contribution in [2.24, 2.45) is 0 Å². The van der Waals surface area contributed by atoms with Crippen LogP contribution < -0.4 is 14.2 Å². The predicted octanol–water partition coefficient (Wildman–Crippen LogP) is 1.98. The van der Waals surface area contributed by atoms with Crippen LogP contribution in [0.25, 0.3) is 0 Å². The molecule has 0 atom stereocenters. The molecule has 1 aromatic rings. The van der Waals surface area contributed by atoms with Crippen LogP contribution in [-0.2, 0) is 0 Å². The second-order valence-corrected chi connectivity index (χ2v) is 2.72. The van der Waals surface area contributed by atoms with Crippen LogP contribution in [0.4, 0.5) is 0 Å². The van der Waals surface area contributed by atoms with Crippen LogP contribution in [0.3, 0.4) is 0 Å². The molecule has 3 nitrogen and oxygen atoms in total. The van der Waals surface area contributed by atoms with Gasteiger partial charge in [0.1, 0.15) is 6.11 Å². The van der Waals surface area contributed by atoms with Crippen LogP contribution in [0.15, 0.2) is 12.1 Å². The molecule has 3 heteroatoms. The van der Waals surface area contributed by atoms with Crippen molar-refractivity contribution >= 4 is 0 Å². The van der Waals surface area contributed by atoms with Gasteiger partial charge in [0.25, 0.3) is 0 Å². The minimum Gasteiger partial charge on any atom is -0.493 e. The summed E-state index contributed by atoms with van der Waals surface area (Å²) in [7, 11) is 3.10. The van der Waals surface area contributed by atoms with Gasteiger partial charge in [-0.15, -0.1) is 0 Å². The number of rotatable bonds is 3. The molecule has 0 spiro atoms. The fraction of sp³-hybridized carbons (Fsp3) is 0.273. The molecule has 0 unspecified atom stereocenters. The second-order valence-electron chi connectivity index (χ2n) is 2.72. The fourth-order valence-electron chi connectivity index (χ4n) is 1.20. The molecule has 0 fully saturated rings. The highest BCUT2D eigenvalue weighted by Crippen LogP contribution is 2.37. The van der Waals surface area contributed by atoms with E-state index in [1.165, 1.54) is 7.11 Å². The zero-order chi connectivity index (χ0) is 10.6. The molecule has 0 saturated carbocycles. The molecule has 74 valence electrons. The minimum atomic E-state index is 0.492. The number of hydrogen-bond acceptors (Lipinski definition) is 3. The SMILES string of the molecule is C#COc1cc(C)cc(OC)c1OC. The summed E-state index contributed by atoms with van der Waals surface area (Å²) in [5.74, 6) is 1.61. The van der Waals surface area contributed by atoms with Crippen LogP contribution in [0.5, 0.6) is 17.2 Å². The Hall–Kier alpha value is -1.82. The van der Waals surface area contributed by atoms with Crippen molar-refractivity contribution in [3.8, 4) is 29.8 Å². The van der Waals surface area contributed by atoms with E-state index in [2.05, 4.69) is 6.11 Å². The van der Waals surface area contributed by atoms with Gasteiger partial charge in [-0.3, -0.25) is 0 Å². The van der Waals surface area contributed by atoms with E-state index in [0.29, 0.717) is 17.2 Å². The number of terminal acetylenes is 1. The molecular weight excluding hydrogens is 180 g/mol. The molecule has 0 aromatic heterocycles. The van der Waals surface area contributed by atoms with Gasteiger partial charge in [-0.1, -0.05) is 6.42 Å². The van der Waals surface area contributed by atoms with Crippen LogP contribution >= 0.6 is 0 Å². The fourth-order valence-corrected chi connectivity index (χ4v) is 1.20. The van der Waals surface area contributed by atoms with Gasteiger partial charge in [-0.2, -0.15) is 0 Å². The van der Waals surface area contributed by atoms with Gasteiger partial charge < -0.3 is 14.2 Å². The smallest absolute Gasteiger partial charge is 0.205 e. The third-order valence-electron chi connectivity index (χ3n) is 1.76. The lowest BCUT2D eigenvalue weighted by Gasteiger charge is -2.11. The summed E-state index contributed by atoms with van der Waals surface area (Å²) in [6, 6.07) is 3.64. The molecular formula is C11H12O3. The van der Waals surface area contributed by atoms with Crippen molar-refractivity contribution in [3.63, 3.8) is 0 Å². The third kappa shape index (κ3) is 1.91. The van der Waals surface area contributed by atoms with E-state index in [9.17, 15) is 0 Å². The maximum absolute atomic E-state index is 5.13. The number of aryl methyl sites for hydroxylation is 1. The highest BCUT2D eigenvalue weighted by Gasteiger charge is 2.11. The number of benzene rings is 1. The first-order valence-corrected chi connectivity index (χ1v) is 4.08. The van der Waals surface area contributed by atoms with Crippen LogP contribution in [-0.4, -0.2) is 14.2 Å². The third-order valence-corrected chi connectivity index (χ3v) is 1.76. The zero-order valence-corrected chi connectivity index (χ0v) is 8.46. The van der Waals surface area contributed by atoms with Crippen LogP contribution in [0, 0.1) is 19.5 Å². The van der Waals surface area contributed by atoms with Gasteiger partial charge in [0, 0.05) is 0 Å². The maximum atomic E-state index is 5.13. The van der Waals surface area contributed by atoms with Gasteiger partial charge in [0.2, 0.25) is 5.75 Å². The summed E-state index contributed by atoms with van der Waals surface area (Å²) < 4.78 is 15.2. The minimum absolute atomic E-state index is 0.492. The summed E-state index contributed by atoms with van der Waals surface area (Å²) in [5, 5.41) is 0.